The molecule has 40 heavy (non-hydrogen) atoms. The Kier molecular flexibility index (Phi) is 8.40. The molecule has 1 amide bonds. The number of piperidine rings is 1. The summed E-state index contributed by atoms with van der Waals surface area (Å²) in [6.07, 6.45) is 3.70. The molecule has 1 aliphatic rings. The van der Waals surface area contributed by atoms with Gasteiger partial charge in [0.25, 0.3) is 5.91 Å². The number of aromatic nitrogens is 2. The monoisotopic (exact) mass is 556 g/mol. The molecule has 1 saturated heterocycles. The SMILES string of the molecule is CC(C)(CO)NC(=O)c1c(CN2CCC(c3ccccc3)(c3ccccc3)CC2)ncn1Cc1ccc(Cl)cc1. The van der Waals surface area contributed by atoms with Crippen molar-refractivity contribution < 1.29 is 9.90 Å². The third kappa shape index (κ3) is 6.15. The molecule has 1 fully saturated rings. The number of nitrogens with zero attached hydrogens (tertiary/aromatic N) is 3. The predicted octanol–water partition coefficient (Wildman–Crippen LogP) is 5.67. The maximum Gasteiger partial charge on any atom is 0.270 e. The summed E-state index contributed by atoms with van der Waals surface area (Å²) in [6.45, 7) is 6.30. The van der Waals surface area contributed by atoms with Crippen LogP contribution in [0.1, 0.15) is 59.6 Å². The van der Waals surface area contributed by atoms with E-state index >= 15 is 0 Å². The lowest BCUT2D eigenvalue weighted by atomic mass is 9.68. The maximum absolute atomic E-state index is 13.6. The molecule has 0 radical (unpaired) electrons. The number of halogens is 1. The summed E-state index contributed by atoms with van der Waals surface area (Å²) < 4.78 is 1.89. The van der Waals surface area contributed by atoms with Crippen molar-refractivity contribution in [2.24, 2.45) is 0 Å². The zero-order valence-corrected chi connectivity index (χ0v) is 23.9. The third-order valence-electron chi connectivity index (χ3n) is 7.98. The van der Waals surface area contributed by atoms with E-state index in [2.05, 4.69) is 70.9 Å². The minimum absolute atomic E-state index is 0.0433. The van der Waals surface area contributed by atoms with E-state index < -0.39 is 5.54 Å². The van der Waals surface area contributed by atoms with Gasteiger partial charge in [0.05, 0.1) is 24.2 Å². The zero-order chi connectivity index (χ0) is 28.2. The van der Waals surface area contributed by atoms with Gasteiger partial charge in [-0.15, -0.1) is 0 Å². The molecule has 0 aliphatic carbocycles. The van der Waals surface area contributed by atoms with Crippen LogP contribution in [0.3, 0.4) is 0 Å². The number of nitrogens with one attached hydrogen (secondary N) is 1. The van der Waals surface area contributed by atoms with Gasteiger partial charge in [0, 0.05) is 23.5 Å². The van der Waals surface area contributed by atoms with Crippen LogP contribution in [0, 0.1) is 0 Å². The van der Waals surface area contributed by atoms with Crippen molar-refractivity contribution in [1.29, 1.82) is 0 Å². The molecule has 2 heterocycles. The van der Waals surface area contributed by atoms with Gasteiger partial charge in [0.2, 0.25) is 0 Å². The Labute approximate surface area is 241 Å². The second kappa shape index (κ2) is 12.0. The molecule has 0 bridgehead atoms. The van der Waals surface area contributed by atoms with Crippen molar-refractivity contribution in [3.63, 3.8) is 0 Å². The van der Waals surface area contributed by atoms with Gasteiger partial charge in [-0.2, -0.15) is 0 Å². The maximum atomic E-state index is 13.6. The zero-order valence-electron chi connectivity index (χ0n) is 23.2. The highest BCUT2D eigenvalue weighted by Gasteiger charge is 2.38. The van der Waals surface area contributed by atoms with Crippen LogP contribution in [0.15, 0.2) is 91.3 Å². The highest BCUT2D eigenvalue weighted by Crippen LogP contribution is 2.42. The van der Waals surface area contributed by atoms with E-state index in [-0.39, 0.29) is 17.9 Å². The number of aliphatic hydroxyl groups excluding tert-OH is 1. The average Bonchev–Trinajstić information content (AvgIpc) is 3.37. The highest BCUT2D eigenvalue weighted by molar-refractivity contribution is 6.30. The first kappa shape index (κ1) is 28.1. The highest BCUT2D eigenvalue weighted by atomic mass is 35.5. The Morgan fingerprint density at radius 3 is 2.05 bits per heavy atom. The Balaban J connectivity index is 1.39. The van der Waals surface area contributed by atoms with Crippen LogP contribution in [0.2, 0.25) is 5.02 Å². The second-order valence-corrected chi connectivity index (χ2v) is 11.8. The van der Waals surface area contributed by atoms with Crippen LogP contribution in [-0.2, 0) is 18.5 Å². The van der Waals surface area contributed by atoms with Crippen molar-refractivity contribution in [2.75, 3.05) is 19.7 Å². The molecule has 1 aromatic heterocycles. The van der Waals surface area contributed by atoms with Gasteiger partial charge in [0.1, 0.15) is 5.69 Å². The molecule has 1 aliphatic heterocycles. The molecular formula is C33H37ClN4O2. The fourth-order valence-electron chi connectivity index (χ4n) is 5.68. The molecule has 208 valence electrons. The number of carbonyl (C=O) groups excluding carboxylic acids is 1. The summed E-state index contributed by atoms with van der Waals surface area (Å²) in [5, 5.41) is 13.4. The second-order valence-electron chi connectivity index (χ2n) is 11.4. The first-order valence-electron chi connectivity index (χ1n) is 13.8. The van der Waals surface area contributed by atoms with Gasteiger partial charge >= 0.3 is 0 Å². The smallest absolute Gasteiger partial charge is 0.270 e. The van der Waals surface area contributed by atoms with Crippen LogP contribution in [0.5, 0.6) is 0 Å². The molecule has 0 saturated carbocycles. The van der Waals surface area contributed by atoms with Gasteiger partial charge in [0.15, 0.2) is 0 Å². The molecule has 3 aromatic carbocycles. The number of hydrogen-bond acceptors (Lipinski definition) is 4. The van der Waals surface area contributed by atoms with Gasteiger partial charge in [-0.05, 0) is 68.6 Å². The molecule has 6 nitrogen and oxygen atoms in total. The fourth-order valence-corrected chi connectivity index (χ4v) is 5.80. The number of benzene rings is 3. The van der Waals surface area contributed by atoms with Crippen molar-refractivity contribution in [3.8, 4) is 0 Å². The average molecular weight is 557 g/mol. The van der Waals surface area contributed by atoms with Crippen molar-refractivity contribution >= 4 is 17.5 Å². The van der Waals surface area contributed by atoms with Gasteiger partial charge < -0.3 is 15.0 Å². The molecule has 5 rings (SSSR count). The van der Waals surface area contributed by atoms with E-state index in [4.69, 9.17) is 16.6 Å². The molecule has 0 unspecified atom stereocenters. The number of likely N-dealkylation sites (tertiary alicyclic amines) is 1. The largest absolute Gasteiger partial charge is 0.394 e. The van der Waals surface area contributed by atoms with Crippen molar-refractivity contribution in [3.05, 3.63) is 124 Å². The van der Waals surface area contributed by atoms with Crippen LogP contribution in [-0.4, -0.2) is 50.7 Å². The Bertz CT molecular complexity index is 1370. The third-order valence-corrected chi connectivity index (χ3v) is 8.23. The predicted molar refractivity (Wildman–Crippen MR) is 160 cm³/mol. The normalized spacial score (nSPS) is 15.6. The molecule has 0 spiro atoms. The molecule has 2 N–H and O–H groups in total. The number of hydrogen-bond donors (Lipinski definition) is 2. The lowest BCUT2D eigenvalue weighted by Crippen LogP contribution is -2.47. The van der Waals surface area contributed by atoms with E-state index in [1.165, 1.54) is 11.1 Å². The number of aliphatic hydroxyl groups is 1. The summed E-state index contributed by atoms with van der Waals surface area (Å²) in [4.78, 5) is 20.7. The number of rotatable bonds is 9. The lowest BCUT2D eigenvalue weighted by molar-refractivity contribution is 0.0856. The summed E-state index contributed by atoms with van der Waals surface area (Å²) in [7, 11) is 0. The Morgan fingerprint density at radius 2 is 1.50 bits per heavy atom. The molecular weight excluding hydrogens is 520 g/mol. The van der Waals surface area contributed by atoms with Crippen molar-refractivity contribution in [1.82, 2.24) is 19.8 Å². The molecule has 7 heteroatoms. The molecule has 0 atom stereocenters. The van der Waals surface area contributed by atoms with Gasteiger partial charge in [-0.3, -0.25) is 9.69 Å². The van der Waals surface area contributed by atoms with Crippen molar-refractivity contribution in [2.45, 2.75) is 50.7 Å². The fraction of sp³-hybridized carbons (Fsp3) is 0.333. The first-order valence-corrected chi connectivity index (χ1v) is 14.2. The Hall–Kier alpha value is -3.45. The standard InChI is InChI=1S/C33H37ClN4O2/c1-32(2,23-39)36-31(40)30-29(35-24-38(30)21-25-13-15-28(34)16-14-25)22-37-19-17-33(18-20-37,26-9-5-3-6-10-26)27-11-7-4-8-12-27/h3-16,24,39H,17-23H2,1-2H3,(H,36,40). The summed E-state index contributed by atoms with van der Waals surface area (Å²) in [5.41, 5.74) is 4.20. The lowest BCUT2D eigenvalue weighted by Gasteiger charge is -2.43. The number of amides is 1. The van der Waals surface area contributed by atoms with Gasteiger partial charge in [-0.25, -0.2) is 4.98 Å². The van der Waals surface area contributed by atoms with Gasteiger partial charge in [-0.1, -0.05) is 84.4 Å². The van der Waals surface area contributed by atoms with E-state index in [0.717, 1.165) is 37.2 Å². The minimum Gasteiger partial charge on any atom is -0.394 e. The van der Waals surface area contributed by atoms with E-state index in [0.29, 0.717) is 23.8 Å². The quantitative estimate of drug-likeness (QED) is 0.279. The van der Waals surface area contributed by atoms with Crippen LogP contribution in [0.25, 0.3) is 0 Å². The molecule has 4 aromatic rings. The minimum atomic E-state index is -0.750. The topological polar surface area (TPSA) is 70.4 Å². The summed E-state index contributed by atoms with van der Waals surface area (Å²) >= 11 is 6.08. The summed E-state index contributed by atoms with van der Waals surface area (Å²) in [6, 6.07) is 29.2. The number of carbonyl (C=O) groups is 1. The van der Waals surface area contributed by atoms with Crippen LogP contribution >= 0.6 is 11.6 Å². The van der Waals surface area contributed by atoms with E-state index in [9.17, 15) is 9.90 Å². The van der Waals surface area contributed by atoms with E-state index in [1.807, 2.05) is 42.7 Å². The van der Waals surface area contributed by atoms with E-state index in [1.54, 1.807) is 6.33 Å². The van der Waals surface area contributed by atoms with Crippen LogP contribution < -0.4 is 5.32 Å². The first-order chi connectivity index (χ1) is 19.3. The number of imidazole rings is 1. The Morgan fingerprint density at radius 1 is 0.925 bits per heavy atom. The van der Waals surface area contributed by atoms with Crippen LogP contribution in [0.4, 0.5) is 0 Å². The summed E-state index contributed by atoms with van der Waals surface area (Å²) in [5.74, 6) is -0.236.